The van der Waals surface area contributed by atoms with Crippen LogP contribution in [0.15, 0.2) is 94.8 Å². The quantitative estimate of drug-likeness (QED) is 0.101. The van der Waals surface area contributed by atoms with E-state index in [9.17, 15) is 24.0 Å². The van der Waals surface area contributed by atoms with Crippen LogP contribution >= 0.6 is 46.4 Å². The zero-order chi connectivity index (χ0) is 40.5. The van der Waals surface area contributed by atoms with Crippen LogP contribution in [0.2, 0.25) is 20.1 Å². The first-order valence-electron chi connectivity index (χ1n) is 17.5. The molecule has 290 valence electrons. The van der Waals surface area contributed by atoms with Gasteiger partial charge in [0.2, 0.25) is 10.9 Å². The van der Waals surface area contributed by atoms with Gasteiger partial charge in [-0.25, -0.2) is 9.59 Å². The Morgan fingerprint density at radius 3 is 1.79 bits per heavy atom. The van der Waals surface area contributed by atoms with E-state index in [0.717, 1.165) is 22.3 Å². The second-order valence-electron chi connectivity index (χ2n) is 12.4. The second kappa shape index (κ2) is 19.1. The van der Waals surface area contributed by atoms with E-state index in [2.05, 4.69) is 4.98 Å². The highest BCUT2D eigenvalue weighted by molar-refractivity contribution is 6.43. The van der Waals surface area contributed by atoms with Crippen molar-refractivity contribution in [1.82, 2.24) is 9.55 Å². The minimum absolute atomic E-state index is 0.00714. The molecule has 0 unspecified atom stereocenters. The number of benzene rings is 4. The first-order chi connectivity index (χ1) is 26.8. The molecular formula is C42H36Cl4N2O8. The van der Waals surface area contributed by atoms with Crippen LogP contribution in [0.5, 0.6) is 0 Å². The SMILES string of the molecule is CCOC(=O)c1c[nH]c2ccc(Cc3cccc(Cl)c3Cl)cc2c1=O.CCOC(=O)c1cn(CCOC(C)=O)c2ccc(Cc3cccc(Cl)c3Cl)cc2c1=O. The van der Waals surface area contributed by atoms with E-state index in [1.54, 1.807) is 54.8 Å². The molecule has 0 radical (unpaired) electrons. The van der Waals surface area contributed by atoms with Gasteiger partial charge in [-0.3, -0.25) is 14.4 Å². The number of carbonyl (C=O) groups excluding carboxylic acids is 3. The maximum absolute atomic E-state index is 13.1. The molecule has 0 aliphatic rings. The molecule has 0 bridgehead atoms. The number of nitrogens with zero attached hydrogens (tertiary/aromatic N) is 1. The molecule has 0 spiro atoms. The van der Waals surface area contributed by atoms with Gasteiger partial charge in [-0.2, -0.15) is 0 Å². The van der Waals surface area contributed by atoms with Crippen LogP contribution in [-0.4, -0.2) is 47.3 Å². The zero-order valence-corrected chi connectivity index (χ0v) is 33.6. The number of aromatic amines is 1. The van der Waals surface area contributed by atoms with E-state index in [-0.39, 0.29) is 42.9 Å². The molecule has 10 nitrogen and oxygen atoms in total. The molecule has 0 aliphatic heterocycles. The fraction of sp³-hybridized carbons (Fsp3) is 0.214. The third-order valence-electron chi connectivity index (χ3n) is 8.57. The van der Waals surface area contributed by atoms with Gasteiger partial charge in [0.15, 0.2) is 0 Å². The van der Waals surface area contributed by atoms with E-state index in [1.165, 1.54) is 19.3 Å². The van der Waals surface area contributed by atoms with Gasteiger partial charge < -0.3 is 23.8 Å². The van der Waals surface area contributed by atoms with Crippen molar-refractivity contribution >= 4 is 86.1 Å². The molecule has 2 heterocycles. The van der Waals surface area contributed by atoms with Crippen molar-refractivity contribution in [2.45, 2.75) is 40.2 Å². The van der Waals surface area contributed by atoms with Crippen LogP contribution in [0.25, 0.3) is 21.8 Å². The lowest BCUT2D eigenvalue weighted by Gasteiger charge is -2.14. The molecule has 2 aromatic heterocycles. The van der Waals surface area contributed by atoms with Crippen molar-refractivity contribution < 1.29 is 28.6 Å². The largest absolute Gasteiger partial charge is 0.464 e. The lowest BCUT2D eigenvalue weighted by molar-refractivity contribution is -0.141. The minimum atomic E-state index is -0.695. The third-order valence-corrected chi connectivity index (χ3v) is 10.3. The average molecular weight is 839 g/mol. The summed E-state index contributed by atoms with van der Waals surface area (Å²) in [4.78, 5) is 64.0. The lowest BCUT2D eigenvalue weighted by atomic mass is 10.0. The van der Waals surface area contributed by atoms with Crippen molar-refractivity contribution in [2.24, 2.45) is 0 Å². The number of hydrogen-bond donors (Lipinski definition) is 1. The molecule has 0 amide bonds. The Bertz CT molecular complexity index is 2570. The van der Waals surface area contributed by atoms with Crippen LogP contribution < -0.4 is 10.9 Å². The number of halogens is 4. The molecule has 14 heteroatoms. The summed E-state index contributed by atoms with van der Waals surface area (Å²) in [6, 6.07) is 21.7. The number of pyridine rings is 2. The smallest absolute Gasteiger partial charge is 0.343 e. The Labute approximate surface area is 341 Å². The van der Waals surface area contributed by atoms with E-state index < -0.39 is 23.3 Å². The number of fused-ring (bicyclic) bond motifs is 2. The fourth-order valence-corrected chi connectivity index (χ4v) is 6.70. The van der Waals surface area contributed by atoms with E-state index in [0.29, 0.717) is 54.7 Å². The van der Waals surface area contributed by atoms with Crippen LogP contribution in [0.3, 0.4) is 0 Å². The van der Waals surface area contributed by atoms with E-state index >= 15 is 0 Å². The number of carbonyl (C=O) groups is 3. The summed E-state index contributed by atoms with van der Waals surface area (Å²) >= 11 is 24.7. The number of H-pyrrole nitrogens is 1. The maximum Gasteiger partial charge on any atom is 0.343 e. The Hall–Kier alpha value is -5.13. The van der Waals surface area contributed by atoms with Gasteiger partial charge in [0.25, 0.3) is 0 Å². The van der Waals surface area contributed by atoms with Crippen molar-refractivity contribution in [3.8, 4) is 0 Å². The summed E-state index contributed by atoms with van der Waals surface area (Å²) < 4.78 is 16.7. The van der Waals surface area contributed by atoms with E-state index in [1.807, 2.05) is 36.4 Å². The molecule has 0 atom stereocenters. The third kappa shape index (κ3) is 9.99. The first kappa shape index (κ1) is 42.0. The highest BCUT2D eigenvalue weighted by Gasteiger charge is 2.18. The predicted molar refractivity (Wildman–Crippen MR) is 220 cm³/mol. The summed E-state index contributed by atoms with van der Waals surface area (Å²) in [5.41, 5.74) is 3.83. The van der Waals surface area contributed by atoms with Gasteiger partial charge in [-0.05, 0) is 85.3 Å². The van der Waals surface area contributed by atoms with Gasteiger partial charge >= 0.3 is 17.9 Å². The normalized spacial score (nSPS) is 10.8. The number of aromatic nitrogens is 2. The maximum atomic E-state index is 13.1. The van der Waals surface area contributed by atoms with Crippen molar-refractivity contribution in [1.29, 1.82) is 0 Å². The summed E-state index contributed by atoms with van der Waals surface area (Å²) in [6.45, 7) is 5.43. The van der Waals surface area contributed by atoms with Crippen LogP contribution in [0, 0.1) is 0 Å². The van der Waals surface area contributed by atoms with Gasteiger partial charge in [0, 0.05) is 35.6 Å². The molecular weight excluding hydrogens is 802 g/mol. The molecule has 1 N–H and O–H groups in total. The summed E-state index contributed by atoms with van der Waals surface area (Å²) in [5.74, 6) is -1.73. The monoisotopic (exact) mass is 836 g/mol. The van der Waals surface area contributed by atoms with Gasteiger partial charge in [-0.1, -0.05) is 82.8 Å². The number of nitrogens with one attached hydrogen (secondary N) is 1. The molecule has 6 aromatic rings. The minimum Gasteiger partial charge on any atom is -0.464 e. The molecule has 56 heavy (non-hydrogen) atoms. The Morgan fingerprint density at radius 1 is 0.679 bits per heavy atom. The predicted octanol–water partition coefficient (Wildman–Crippen LogP) is 9.24. The van der Waals surface area contributed by atoms with Crippen molar-refractivity contribution in [2.75, 3.05) is 19.8 Å². The number of hydrogen-bond acceptors (Lipinski definition) is 8. The molecule has 0 saturated carbocycles. The Morgan fingerprint density at radius 2 is 1.21 bits per heavy atom. The second-order valence-corrected chi connectivity index (χ2v) is 14.0. The molecule has 6 rings (SSSR count). The van der Waals surface area contributed by atoms with Gasteiger partial charge in [0.05, 0.1) is 45.4 Å². The van der Waals surface area contributed by atoms with Crippen LogP contribution in [0.4, 0.5) is 0 Å². The Balaban J connectivity index is 0.000000219. The molecule has 0 aliphatic carbocycles. The Kier molecular flexibility index (Phi) is 14.4. The van der Waals surface area contributed by atoms with Gasteiger partial charge in [0.1, 0.15) is 17.7 Å². The van der Waals surface area contributed by atoms with E-state index in [4.69, 9.17) is 60.6 Å². The lowest BCUT2D eigenvalue weighted by Crippen LogP contribution is -2.22. The highest BCUT2D eigenvalue weighted by atomic mass is 35.5. The number of ether oxygens (including phenoxy) is 3. The summed E-state index contributed by atoms with van der Waals surface area (Å²) in [5, 5.41) is 2.70. The summed E-state index contributed by atoms with van der Waals surface area (Å²) in [6.07, 6.45) is 3.82. The molecule has 0 saturated heterocycles. The molecule has 4 aromatic carbocycles. The zero-order valence-electron chi connectivity index (χ0n) is 30.6. The van der Waals surface area contributed by atoms with Crippen LogP contribution in [-0.2, 0) is 38.4 Å². The number of rotatable bonds is 11. The fourth-order valence-electron chi connectivity index (χ4n) is 5.93. The van der Waals surface area contributed by atoms with Crippen molar-refractivity contribution in [3.63, 3.8) is 0 Å². The molecule has 0 fully saturated rings. The van der Waals surface area contributed by atoms with Crippen LogP contribution in [0.1, 0.15) is 63.7 Å². The number of esters is 3. The van der Waals surface area contributed by atoms with Crippen molar-refractivity contribution in [3.05, 3.63) is 159 Å². The highest BCUT2D eigenvalue weighted by Crippen LogP contribution is 2.29. The average Bonchev–Trinajstić information content (AvgIpc) is 3.17. The standard InChI is InChI=1S/C23H21Cl2NO5.C19H15Cl2NO3/c1-3-30-23(29)18-13-26(9-10-31-14(2)27)20-8-7-15(12-17(20)22(18)28)11-16-5-4-6-19(24)21(16)25;1-2-25-19(24)14-10-22-16-7-6-11(9-13(16)18(14)23)8-12-4-3-5-15(20)17(12)21/h4-8,12-13H,3,9-11H2,1-2H3;3-7,9-10H,2,8H2,1H3,(H,22,23). The summed E-state index contributed by atoms with van der Waals surface area (Å²) in [7, 11) is 0. The van der Waals surface area contributed by atoms with Gasteiger partial charge in [-0.15, -0.1) is 0 Å². The topological polar surface area (TPSA) is 134 Å². The first-order valence-corrected chi connectivity index (χ1v) is 19.0.